The number of halogens is 2. The highest BCUT2D eigenvalue weighted by atomic mass is 19.1. The molecule has 0 saturated heterocycles. The molecular formula is C18H14F2N2O2. The van der Waals surface area contributed by atoms with Gasteiger partial charge in [0, 0.05) is 5.56 Å². The lowest BCUT2D eigenvalue weighted by molar-refractivity contribution is -0.116. The van der Waals surface area contributed by atoms with Gasteiger partial charge in [-0.05, 0) is 36.6 Å². The van der Waals surface area contributed by atoms with Crippen molar-refractivity contribution >= 4 is 22.5 Å². The summed E-state index contributed by atoms with van der Waals surface area (Å²) in [4.78, 5) is 24.5. The van der Waals surface area contributed by atoms with Crippen molar-refractivity contribution in [3.63, 3.8) is 0 Å². The number of carbonyl (C=O) groups is 1. The van der Waals surface area contributed by atoms with Gasteiger partial charge in [0.25, 0.3) is 5.56 Å². The van der Waals surface area contributed by atoms with Crippen LogP contribution in [0, 0.1) is 18.6 Å². The van der Waals surface area contributed by atoms with E-state index in [9.17, 15) is 18.4 Å². The van der Waals surface area contributed by atoms with Crippen LogP contribution in [0.25, 0.3) is 10.9 Å². The van der Waals surface area contributed by atoms with Crippen LogP contribution < -0.4 is 10.9 Å². The number of carbonyl (C=O) groups excluding carboxylic acids is 1. The highest BCUT2D eigenvalue weighted by Crippen LogP contribution is 2.18. The van der Waals surface area contributed by atoms with Crippen molar-refractivity contribution < 1.29 is 13.6 Å². The molecule has 0 aliphatic rings. The SMILES string of the molecule is Cc1cc2ccccc2n(CC(=O)Nc2c(F)cccc2F)c1=O. The monoisotopic (exact) mass is 328 g/mol. The maximum absolute atomic E-state index is 13.6. The molecule has 0 radical (unpaired) electrons. The summed E-state index contributed by atoms with van der Waals surface area (Å²) in [6.07, 6.45) is 0. The van der Waals surface area contributed by atoms with Gasteiger partial charge in [-0.1, -0.05) is 24.3 Å². The van der Waals surface area contributed by atoms with Crippen LogP contribution >= 0.6 is 0 Å². The number of hydrogen-bond acceptors (Lipinski definition) is 2. The molecule has 0 aliphatic heterocycles. The fourth-order valence-electron chi connectivity index (χ4n) is 2.57. The van der Waals surface area contributed by atoms with Crippen LogP contribution in [0.15, 0.2) is 53.3 Å². The summed E-state index contributed by atoms with van der Waals surface area (Å²) in [7, 11) is 0. The quantitative estimate of drug-likeness (QED) is 0.802. The summed E-state index contributed by atoms with van der Waals surface area (Å²) in [5.74, 6) is -2.42. The summed E-state index contributed by atoms with van der Waals surface area (Å²) in [6.45, 7) is 1.31. The predicted molar refractivity (Wildman–Crippen MR) is 87.9 cm³/mol. The Kier molecular flexibility index (Phi) is 4.12. The number of pyridine rings is 1. The lowest BCUT2D eigenvalue weighted by Crippen LogP contribution is -2.29. The molecule has 4 nitrogen and oxygen atoms in total. The largest absolute Gasteiger partial charge is 0.320 e. The van der Waals surface area contributed by atoms with Gasteiger partial charge in [0.2, 0.25) is 5.91 Å². The Labute approximate surface area is 136 Å². The third-order valence-corrected chi connectivity index (χ3v) is 3.71. The van der Waals surface area contributed by atoms with Crippen LogP contribution in [0.4, 0.5) is 14.5 Å². The van der Waals surface area contributed by atoms with Gasteiger partial charge >= 0.3 is 0 Å². The molecule has 0 unspecified atom stereocenters. The second-order valence-corrected chi connectivity index (χ2v) is 5.42. The van der Waals surface area contributed by atoms with Gasteiger partial charge in [0.05, 0.1) is 5.52 Å². The van der Waals surface area contributed by atoms with Gasteiger partial charge in [0.15, 0.2) is 0 Å². The van der Waals surface area contributed by atoms with Gasteiger partial charge in [-0.15, -0.1) is 0 Å². The second kappa shape index (κ2) is 6.23. The molecule has 0 bridgehead atoms. The minimum Gasteiger partial charge on any atom is -0.320 e. The first-order valence-corrected chi connectivity index (χ1v) is 7.30. The fraction of sp³-hybridized carbons (Fsp3) is 0.111. The Balaban J connectivity index is 1.97. The lowest BCUT2D eigenvalue weighted by Gasteiger charge is -2.12. The molecule has 0 fully saturated rings. The van der Waals surface area contributed by atoms with Crippen LogP contribution in [0.3, 0.4) is 0 Å². The average Bonchev–Trinajstić information content (AvgIpc) is 2.55. The number of hydrogen-bond donors (Lipinski definition) is 1. The fourth-order valence-corrected chi connectivity index (χ4v) is 2.57. The molecule has 3 aromatic rings. The summed E-state index contributed by atoms with van der Waals surface area (Å²) in [5, 5.41) is 2.99. The van der Waals surface area contributed by atoms with Gasteiger partial charge in [-0.3, -0.25) is 14.2 Å². The van der Waals surface area contributed by atoms with Crippen LogP contribution in [0.2, 0.25) is 0 Å². The minimum absolute atomic E-state index is 0.321. The first-order valence-electron chi connectivity index (χ1n) is 7.30. The van der Waals surface area contributed by atoms with E-state index >= 15 is 0 Å². The Hall–Kier alpha value is -3.02. The Morgan fingerprint density at radius 2 is 1.75 bits per heavy atom. The molecule has 2 aromatic carbocycles. The Morgan fingerprint density at radius 3 is 2.46 bits per heavy atom. The van der Waals surface area contributed by atoms with E-state index in [2.05, 4.69) is 5.32 Å². The van der Waals surface area contributed by atoms with E-state index in [1.54, 1.807) is 25.1 Å². The van der Waals surface area contributed by atoms with Gasteiger partial charge in [-0.25, -0.2) is 8.78 Å². The number of amides is 1. The number of benzene rings is 2. The van der Waals surface area contributed by atoms with Crippen LogP contribution in [0.1, 0.15) is 5.56 Å². The first-order chi connectivity index (χ1) is 11.5. The average molecular weight is 328 g/mol. The molecule has 0 atom stereocenters. The summed E-state index contributed by atoms with van der Waals surface area (Å²) < 4.78 is 28.5. The van der Waals surface area contributed by atoms with Crippen LogP contribution in [-0.2, 0) is 11.3 Å². The zero-order valence-electron chi connectivity index (χ0n) is 12.8. The predicted octanol–water partition coefficient (Wildman–Crippen LogP) is 3.23. The molecule has 1 heterocycles. The molecule has 1 amide bonds. The van der Waals surface area contributed by atoms with Crippen molar-refractivity contribution in [3.05, 3.63) is 76.1 Å². The van der Waals surface area contributed by atoms with Crippen molar-refractivity contribution in [3.8, 4) is 0 Å². The van der Waals surface area contributed by atoms with Gasteiger partial charge in [-0.2, -0.15) is 0 Å². The molecular weight excluding hydrogens is 314 g/mol. The van der Waals surface area contributed by atoms with E-state index in [1.807, 2.05) is 12.1 Å². The summed E-state index contributed by atoms with van der Waals surface area (Å²) in [5.41, 5.74) is 0.223. The maximum atomic E-state index is 13.6. The Morgan fingerprint density at radius 1 is 1.08 bits per heavy atom. The van der Waals surface area contributed by atoms with Gasteiger partial charge < -0.3 is 5.32 Å². The van der Waals surface area contributed by atoms with E-state index in [0.717, 1.165) is 17.5 Å². The number of para-hydroxylation sites is 2. The van der Waals surface area contributed by atoms with E-state index in [-0.39, 0.29) is 12.1 Å². The summed E-state index contributed by atoms with van der Waals surface area (Å²) in [6, 6.07) is 12.2. The molecule has 0 aliphatic carbocycles. The number of nitrogens with zero attached hydrogens (tertiary/aromatic N) is 1. The van der Waals surface area contributed by atoms with Crippen molar-refractivity contribution in [2.24, 2.45) is 0 Å². The third-order valence-electron chi connectivity index (χ3n) is 3.71. The van der Waals surface area contributed by atoms with Crippen molar-refractivity contribution in [2.45, 2.75) is 13.5 Å². The van der Waals surface area contributed by atoms with E-state index in [1.165, 1.54) is 10.6 Å². The summed E-state index contributed by atoms with van der Waals surface area (Å²) >= 11 is 0. The highest BCUT2D eigenvalue weighted by molar-refractivity contribution is 5.92. The number of rotatable bonds is 3. The number of fused-ring (bicyclic) bond motifs is 1. The van der Waals surface area contributed by atoms with E-state index < -0.39 is 23.2 Å². The zero-order chi connectivity index (χ0) is 17.3. The highest BCUT2D eigenvalue weighted by Gasteiger charge is 2.14. The molecule has 3 rings (SSSR count). The van der Waals surface area contributed by atoms with Crippen LogP contribution in [-0.4, -0.2) is 10.5 Å². The number of anilines is 1. The standard InChI is InChI=1S/C18H14F2N2O2/c1-11-9-12-5-2-3-8-15(12)22(18(11)24)10-16(23)21-17-13(19)6-4-7-14(17)20/h2-9H,10H2,1H3,(H,21,23). The normalized spacial score (nSPS) is 10.8. The molecule has 1 aromatic heterocycles. The first kappa shape index (κ1) is 15.9. The Bertz CT molecular complexity index is 976. The maximum Gasteiger partial charge on any atom is 0.254 e. The number of aromatic nitrogens is 1. The lowest BCUT2D eigenvalue weighted by atomic mass is 10.1. The van der Waals surface area contributed by atoms with Crippen molar-refractivity contribution in [1.82, 2.24) is 4.57 Å². The molecule has 24 heavy (non-hydrogen) atoms. The number of aryl methyl sites for hydroxylation is 1. The van der Waals surface area contributed by atoms with E-state index in [0.29, 0.717) is 11.1 Å². The smallest absolute Gasteiger partial charge is 0.254 e. The molecule has 1 N–H and O–H groups in total. The van der Waals surface area contributed by atoms with E-state index in [4.69, 9.17) is 0 Å². The molecule has 6 heteroatoms. The second-order valence-electron chi connectivity index (χ2n) is 5.42. The van der Waals surface area contributed by atoms with Gasteiger partial charge in [0.1, 0.15) is 23.9 Å². The topological polar surface area (TPSA) is 51.1 Å². The number of nitrogens with one attached hydrogen (secondary N) is 1. The molecule has 122 valence electrons. The van der Waals surface area contributed by atoms with Crippen LogP contribution in [0.5, 0.6) is 0 Å². The third kappa shape index (κ3) is 2.90. The molecule has 0 spiro atoms. The van der Waals surface area contributed by atoms with Crippen molar-refractivity contribution in [1.29, 1.82) is 0 Å². The van der Waals surface area contributed by atoms with Crippen molar-refractivity contribution in [2.75, 3.05) is 5.32 Å². The minimum atomic E-state index is -0.871. The molecule has 0 saturated carbocycles. The zero-order valence-corrected chi connectivity index (χ0v) is 12.8.